The second-order valence-electron chi connectivity index (χ2n) is 6.26. The van der Waals surface area contributed by atoms with Crippen molar-refractivity contribution >= 4 is 16.9 Å². The molecule has 0 aliphatic rings. The number of benzene rings is 1. The van der Waals surface area contributed by atoms with Gasteiger partial charge in [0.25, 0.3) is 0 Å². The van der Waals surface area contributed by atoms with Gasteiger partial charge in [0.15, 0.2) is 0 Å². The summed E-state index contributed by atoms with van der Waals surface area (Å²) in [6.07, 6.45) is 13.7. The number of aryl methyl sites for hydroxylation is 1. The highest BCUT2D eigenvalue weighted by Crippen LogP contribution is 2.20. The summed E-state index contributed by atoms with van der Waals surface area (Å²) < 4.78 is 4.64. The van der Waals surface area contributed by atoms with Crippen molar-refractivity contribution in [3.63, 3.8) is 0 Å². The van der Waals surface area contributed by atoms with E-state index in [1.165, 1.54) is 68.5 Å². The van der Waals surface area contributed by atoms with E-state index in [0.717, 1.165) is 12.8 Å². The van der Waals surface area contributed by atoms with Crippen LogP contribution < -0.4 is 0 Å². The molecule has 0 aliphatic heterocycles. The van der Waals surface area contributed by atoms with Gasteiger partial charge in [-0.3, -0.25) is 4.79 Å². The van der Waals surface area contributed by atoms with Crippen LogP contribution in [0.25, 0.3) is 10.9 Å². The van der Waals surface area contributed by atoms with Crippen molar-refractivity contribution in [2.45, 2.75) is 64.2 Å². The third kappa shape index (κ3) is 6.09. The van der Waals surface area contributed by atoms with Crippen LogP contribution in [0.2, 0.25) is 0 Å². The molecule has 0 atom stereocenters. The molecule has 0 amide bonds. The lowest BCUT2D eigenvalue weighted by atomic mass is 10.0. The third-order valence-corrected chi connectivity index (χ3v) is 4.48. The molecule has 1 N–H and O–H groups in total. The number of ether oxygens (including phenoxy) is 1. The Labute approximate surface area is 139 Å². The van der Waals surface area contributed by atoms with Crippen LogP contribution in [0.15, 0.2) is 30.5 Å². The monoisotopic (exact) mass is 315 g/mol. The Kier molecular flexibility index (Phi) is 7.71. The van der Waals surface area contributed by atoms with Gasteiger partial charge in [0.05, 0.1) is 7.11 Å². The predicted molar refractivity (Wildman–Crippen MR) is 95.6 cm³/mol. The SMILES string of the molecule is COC(=O)CCCCCCCCCCc1c[nH]c2ccccc12. The molecule has 0 bridgehead atoms. The first-order valence-corrected chi connectivity index (χ1v) is 8.93. The molecule has 0 spiro atoms. The lowest BCUT2D eigenvalue weighted by Crippen LogP contribution is -1.99. The molecule has 0 aliphatic carbocycles. The molecule has 23 heavy (non-hydrogen) atoms. The zero-order valence-corrected chi connectivity index (χ0v) is 14.3. The Hall–Kier alpha value is -1.77. The highest BCUT2D eigenvalue weighted by molar-refractivity contribution is 5.82. The molecule has 126 valence electrons. The van der Waals surface area contributed by atoms with Gasteiger partial charge in [-0.1, -0.05) is 56.7 Å². The van der Waals surface area contributed by atoms with E-state index < -0.39 is 0 Å². The van der Waals surface area contributed by atoms with Crippen molar-refractivity contribution in [1.82, 2.24) is 4.98 Å². The summed E-state index contributed by atoms with van der Waals surface area (Å²) >= 11 is 0. The first-order valence-electron chi connectivity index (χ1n) is 8.93. The number of aromatic amines is 1. The van der Waals surface area contributed by atoms with Crippen molar-refractivity contribution in [3.8, 4) is 0 Å². The van der Waals surface area contributed by atoms with Crippen LogP contribution in [-0.2, 0) is 16.0 Å². The zero-order valence-electron chi connectivity index (χ0n) is 14.3. The molecule has 0 fully saturated rings. The molecule has 2 aromatic rings. The van der Waals surface area contributed by atoms with Crippen LogP contribution in [-0.4, -0.2) is 18.1 Å². The number of methoxy groups -OCH3 is 1. The predicted octanol–water partition coefficient (Wildman–Crippen LogP) is 5.39. The van der Waals surface area contributed by atoms with Gasteiger partial charge in [0.1, 0.15) is 0 Å². The smallest absolute Gasteiger partial charge is 0.305 e. The van der Waals surface area contributed by atoms with Gasteiger partial charge in [-0.2, -0.15) is 0 Å². The van der Waals surface area contributed by atoms with Crippen molar-refractivity contribution in [2.75, 3.05) is 7.11 Å². The van der Waals surface area contributed by atoms with E-state index in [0.29, 0.717) is 6.42 Å². The highest BCUT2D eigenvalue weighted by Gasteiger charge is 2.02. The fourth-order valence-electron chi connectivity index (χ4n) is 3.09. The summed E-state index contributed by atoms with van der Waals surface area (Å²) in [7, 11) is 1.46. The van der Waals surface area contributed by atoms with Crippen LogP contribution >= 0.6 is 0 Å². The van der Waals surface area contributed by atoms with Crippen LogP contribution in [0.4, 0.5) is 0 Å². The second kappa shape index (κ2) is 10.1. The quantitative estimate of drug-likeness (QED) is 0.446. The van der Waals surface area contributed by atoms with Gasteiger partial charge in [-0.25, -0.2) is 0 Å². The summed E-state index contributed by atoms with van der Waals surface area (Å²) in [6.45, 7) is 0. The number of rotatable bonds is 11. The minimum atomic E-state index is -0.0812. The maximum Gasteiger partial charge on any atom is 0.305 e. The third-order valence-electron chi connectivity index (χ3n) is 4.48. The summed E-state index contributed by atoms with van der Waals surface area (Å²) in [6, 6.07) is 8.53. The lowest BCUT2D eigenvalue weighted by molar-refractivity contribution is -0.140. The minimum absolute atomic E-state index is 0.0812. The van der Waals surface area contributed by atoms with Gasteiger partial charge >= 0.3 is 5.97 Å². The number of para-hydroxylation sites is 1. The molecule has 1 heterocycles. The molecule has 0 saturated carbocycles. The van der Waals surface area contributed by atoms with Gasteiger partial charge in [-0.15, -0.1) is 0 Å². The van der Waals surface area contributed by atoms with E-state index in [1.54, 1.807) is 0 Å². The molecule has 3 heteroatoms. The van der Waals surface area contributed by atoms with E-state index >= 15 is 0 Å². The molecule has 0 saturated heterocycles. The van der Waals surface area contributed by atoms with Gasteiger partial charge in [0.2, 0.25) is 0 Å². The molecular weight excluding hydrogens is 286 g/mol. The van der Waals surface area contributed by atoms with E-state index in [2.05, 4.69) is 40.2 Å². The van der Waals surface area contributed by atoms with Gasteiger partial charge in [-0.05, 0) is 30.9 Å². The van der Waals surface area contributed by atoms with Crippen molar-refractivity contribution in [1.29, 1.82) is 0 Å². The number of nitrogens with one attached hydrogen (secondary N) is 1. The van der Waals surface area contributed by atoms with E-state index in [9.17, 15) is 4.79 Å². The standard InChI is InChI=1S/C20H29NO2/c1-23-20(22)15-9-7-5-3-2-4-6-8-12-17-16-21-19-14-11-10-13-18(17)19/h10-11,13-14,16,21H,2-9,12,15H2,1H3. The number of unbranched alkanes of at least 4 members (excludes halogenated alkanes) is 7. The first kappa shape index (κ1) is 17.6. The number of hydrogen-bond donors (Lipinski definition) is 1. The number of H-pyrrole nitrogens is 1. The zero-order chi connectivity index (χ0) is 16.3. The molecule has 3 nitrogen and oxygen atoms in total. The molecule has 2 rings (SSSR count). The molecule has 1 aromatic heterocycles. The summed E-state index contributed by atoms with van der Waals surface area (Å²) in [5, 5.41) is 1.37. The second-order valence-corrected chi connectivity index (χ2v) is 6.26. The summed E-state index contributed by atoms with van der Waals surface area (Å²) in [5.41, 5.74) is 2.69. The number of carbonyl (C=O) groups is 1. The molecule has 1 aromatic carbocycles. The number of carbonyl (C=O) groups excluding carboxylic acids is 1. The largest absolute Gasteiger partial charge is 0.469 e. The minimum Gasteiger partial charge on any atom is -0.469 e. The average molecular weight is 315 g/mol. The Morgan fingerprint density at radius 2 is 1.61 bits per heavy atom. The topological polar surface area (TPSA) is 42.1 Å². The number of aromatic nitrogens is 1. The average Bonchev–Trinajstić information content (AvgIpc) is 2.99. The van der Waals surface area contributed by atoms with Gasteiger partial charge < -0.3 is 9.72 Å². The van der Waals surface area contributed by atoms with Crippen LogP contribution in [0.3, 0.4) is 0 Å². The Balaban J connectivity index is 1.48. The number of fused-ring (bicyclic) bond motifs is 1. The molecule has 0 unspecified atom stereocenters. The molecule has 0 radical (unpaired) electrons. The van der Waals surface area contributed by atoms with E-state index in [1.807, 2.05) is 0 Å². The summed E-state index contributed by atoms with van der Waals surface area (Å²) in [4.78, 5) is 14.3. The fraction of sp³-hybridized carbons (Fsp3) is 0.550. The fourth-order valence-corrected chi connectivity index (χ4v) is 3.09. The van der Waals surface area contributed by atoms with Crippen molar-refractivity contribution in [3.05, 3.63) is 36.0 Å². The van der Waals surface area contributed by atoms with Crippen LogP contribution in [0.1, 0.15) is 63.4 Å². The number of esters is 1. The van der Waals surface area contributed by atoms with Crippen LogP contribution in [0.5, 0.6) is 0 Å². The maximum atomic E-state index is 11.0. The normalized spacial score (nSPS) is 11.0. The highest BCUT2D eigenvalue weighted by atomic mass is 16.5. The molecular formula is C20H29NO2. The Bertz CT molecular complexity index is 588. The van der Waals surface area contributed by atoms with Crippen LogP contribution in [0, 0.1) is 0 Å². The van der Waals surface area contributed by atoms with Crippen molar-refractivity contribution in [2.24, 2.45) is 0 Å². The first-order chi connectivity index (χ1) is 11.3. The Morgan fingerprint density at radius 1 is 0.957 bits per heavy atom. The Morgan fingerprint density at radius 3 is 2.35 bits per heavy atom. The number of hydrogen-bond acceptors (Lipinski definition) is 2. The lowest BCUT2D eigenvalue weighted by Gasteiger charge is -2.03. The van der Waals surface area contributed by atoms with E-state index in [4.69, 9.17) is 0 Å². The van der Waals surface area contributed by atoms with Crippen molar-refractivity contribution < 1.29 is 9.53 Å². The maximum absolute atomic E-state index is 11.0. The van der Waals surface area contributed by atoms with Gasteiger partial charge in [0, 0.05) is 23.5 Å². The van der Waals surface area contributed by atoms with E-state index in [-0.39, 0.29) is 5.97 Å². The summed E-state index contributed by atoms with van der Waals surface area (Å²) in [5.74, 6) is -0.0812.